The molecule has 6 nitrogen and oxygen atoms in total. The number of nitrogen functional groups attached to an aromatic ring is 1. The van der Waals surface area contributed by atoms with Crippen molar-refractivity contribution in [3.05, 3.63) is 24.0 Å². The maximum Gasteiger partial charge on any atom is 0.272 e. The van der Waals surface area contributed by atoms with E-state index < -0.39 is 6.10 Å². The van der Waals surface area contributed by atoms with Gasteiger partial charge in [0.05, 0.1) is 11.8 Å². The van der Waals surface area contributed by atoms with Gasteiger partial charge in [0.1, 0.15) is 5.69 Å². The molecule has 0 fully saturated rings. The zero-order valence-corrected chi connectivity index (χ0v) is 9.34. The van der Waals surface area contributed by atoms with E-state index in [4.69, 9.17) is 5.84 Å². The van der Waals surface area contributed by atoms with Crippen molar-refractivity contribution in [2.45, 2.75) is 13.0 Å². The fraction of sp³-hybridized carbons (Fsp3) is 0.400. The average molecular weight is 224 g/mol. The van der Waals surface area contributed by atoms with Gasteiger partial charge in [-0.15, -0.1) is 0 Å². The number of hydrogen-bond donors (Lipinski definition) is 3. The summed E-state index contributed by atoms with van der Waals surface area (Å²) in [5.41, 5.74) is 3.35. The first kappa shape index (κ1) is 12.4. The second-order valence-electron chi connectivity index (χ2n) is 3.61. The molecule has 0 saturated carbocycles. The zero-order chi connectivity index (χ0) is 12.1. The molecule has 88 valence electrons. The summed E-state index contributed by atoms with van der Waals surface area (Å²) in [6.07, 6.45) is 0.934. The second kappa shape index (κ2) is 5.43. The number of hydrazine groups is 1. The molecular formula is C10H16N4O2. The molecule has 16 heavy (non-hydrogen) atoms. The van der Waals surface area contributed by atoms with Crippen LogP contribution in [0.4, 0.5) is 5.69 Å². The highest BCUT2D eigenvalue weighted by Crippen LogP contribution is 2.08. The molecule has 0 saturated heterocycles. The number of likely N-dealkylation sites (N-methyl/N-ethyl adjacent to an activating group) is 1. The number of nitrogens with two attached hydrogens (primary N) is 1. The van der Waals surface area contributed by atoms with Crippen molar-refractivity contribution in [1.29, 1.82) is 0 Å². The van der Waals surface area contributed by atoms with Crippen LogP contribution in [0.2, 0.25) is 0 Å². The predicted molar refractivity (Wildman–Crippen MR) is 60.7 cm³/mol. The van der Waals surface area contributed by atoms with Crippen LogP contribution in [0.15, 0.2) is 18.3 Å². The molecule has 0 radical (unpaired) electrons. The highest BCUT2D eigenvalue weighted by atomic mass is 16.3. The van der Waals surface area contributed by atoms with Gasteiger partial charge in [-0.05, 0) is 19.1 Å². The average Bonchev–Trinajstić information content (AvgIpc) is 2.27. The van der Waals surface area contributed by atoms with Crippen molar-refractivity contribution >= 4 is 11.6 Å². The number of aliphatic hydroxyl groups is 1. The molecule has 1 atom stereocenters. The van der Waals surface area contributed by atoms with E-state index in [1.54, 1.807) is 26.1 Å². The molecule has 0 aliphatic rings. The van der Waals surface area contributed by atoms with E-state index >= 15 is 0 Å². The predicted octanol–water partition coefficient (Wildman–Crippen LogP) is -0.180. The number of amides is 1. The number of aromatic nitrogens is 1. The first-order valence-corrected chi connectivity index (χ1v) is 4.90. The Morgan fingerprint density at radius 2 is 2.44 bits per heavy atom. The van der Waals surface area contributed by atoms with E-state index in [-0.39, 0.29) is 12.5 Å². The van der Waals surface area contributed by atoms with Gasteiger partial charge in [0.25, 0.3) is 5.91 Å². The third-order valence-electron chi connectivity index (χ3n) is 2.03. The monoisotopic (exact) mass is 224 g/mol. The van der Waals surface area contributed by atoms with Crippen LogP contribution in [0.3, 0.4) is 0 Å². The van der Waals surface area contributed by atoms with Gasteiger partial charge in [-0.1, -0.05) is 0 Å². The third kappa shape index (κ3) is 3.18. The molecule has 1 aromatic rings. The molecule has 1 aromatic heterocycles. The molecule has 0 aliphatic carbocycles. The Labute approximate surface area is 94.1 Å². The summed E-state index contributed by atoms with van der Waals surface area (Å²) in [5, 5.41) is 9.17. The lowest BCUT2D eigenvalue weighted by Crippen LogP contribution is -2.33. The van der Waals surface area contributed by atoms with Crippen LogP contribution >= 0.6 is 0 Å². The third-order valence-corrected chi connectivity index (χ3v) is 2.03. The minimum absolute atomic E-state index is 0.252. The SMILES string of the molecule is CC(O)CN(C)C(=O)c1cc(NN)ccn1. The lowest BCUT2D eigenvalue weighted by Gasteiger charge is -2.18. The molecule has 4 N–H and O–H groups in total. The first-order chi connectivity index (χ1) is 7.54. The van der Waals surface area contributed by atoms with Crippen molar-refractivity contribution in [3.8, 4) is 0 Å². The van der Waals surface area contributed by atoms with E-state index in [0.29, 0.717) is 11.4 Å². The van der Waals surface area contributed by atoms with Gasteiger partial charge >= 0.3 is 0 Å². The van der Waals surface area contributed by atoms with Crippen molar-refractivity contribution < 1.29 is 9.90 Å². The van der Waals surface area contributed by atoms with E-state index in [1.807, 2.05) is 0 Å². The molecule has 0 bridgehead atoms. The summed E-state index contributed by atoms with van der Waals surface area (Å²) < 4.78 is 0. The van der Waals surface area contributed by atoms with Gasteiger partial charge in [-0.25, -0.2) is 0 Å². The molecule has 1 unspecified atom stereocenters. The van der Waals surface area contributed by atoms with Crippen LogP contribution in [0.25, 0.3) is 0 Å². The van der Waals surface area contributed by atoms with Crippen LogP contribution < -0.4 is 11.3 Å². The summed E-state index contributed by atoms with van der Waals surface area (Å²) in [4.78, 5) is 17.2. The standard InChI is InChI=1S/C10H16N4O2/c1-7(15)6-14(2)10(16)9-5-8(13-11)3-4-12-9/h3-5,7,15H,6,11H2,1-2H3,(H,12,13). The number of anilines is 1. The van der Waals surface area contributed by atoms with E-state index in [2.05, 4.69) is 10.4 Å². The summed E-state index contributed by atoms with van der Waals surface area (Å²) in [6.45, 7) is 1.88. The normalized spacial score (nSPS) is 12.0. The fourth-order valence-corrected chi connectivity index (χ4v) is 1.31. The van der Waals surface area contributed by atoms with E-state index in [0.717, 1.165) is 0 Å². The Hall–Kier alpha value is -1.66. The highest BCUT2D eigenvalue weighted by Gasteiger charge is 2.14. The molecule has 0 aromatic carbocycles. The summed E-state index contributed by atoms with van der Waals surface area (Å²) >= 11 is 0. The zero-order valence-electron chi connectivity index (χ0n) is 9.34. The molecule has 0 spiro atoms. The number of nitrogens with zero attached hydrogens (tertiary/aromatic N) is 2. The number of pyridine rings is 1. The van der Waals surface area contributed by atoms with Crippen molar-refractivity contribution in [3.63, 3.8) is 0 Å². The number of carbonyl (C=O) groups excluding carboxylic acids is 1. The van der Waals surface area contributed by atoms with Crippen LogP contribution in [0, 0.1) is 0 Å². The van der Waals surface area contributed by atoms with Crippen molar-refractivity contribution in [2.24, 2.45) is 5.84 Å². The van der Waals surface area contributed by atoms with Gasteiger partial charge in [-0.3, -0.25) is 15.6 Å². The fourth-order valence-electron chi connectivity index (χ4n) is 1.31. The van der Waals surface area contributed by atoms with E-state index in [1.165, 1.54) is 11.1 Å². The maximum atomic E-state index is 11.8. The topological polar surface area (TPSA) is 91.5 Å². The van der Waals surface area contributed by atoms with Gasteiger partial charge in [0.15, 0.2) is 0 Å². The van der Waals surface area contributed by atoms with Gasteiger partial charge in [0, 0.05) is 19.8 Å². The summed E-state index contributed by atoms with van der Waals surface area (Å²) in [6, 6.07) is 3.21. The Balaban J connectivity index is 2.79. The van der Waals surface area contributed by atoms with Crippen LogP contribution in [0.5, 0.6) is 0 Å². The van der Waals surface area contributed by atoms with E-state index in [9.17, 15) is 9.90 Å². The van der Waals surface area contributed by atoms with Crippen LogP contribution in [0.1, 0.15) is 17.4 Å². The Morgan fingerprint density at radius 3 is 3.00 bits per heavy atom. The molecule has 0 aliphatic heterocycles. The van der Waals surface area contributed by atoms with Gasteiger partial charge in [-0.2, -0.15) is 0 Å². The number of rotatable bonds is 4. The number of nitrogens with one attached hydrogen (secondary N) is 1. The molecule has 1 amide bonds. The minimum Gasteiger partial charge on any atom is -0.392 e. The largest absolute Gasteiger partial charge is 0.392 e. The first-order valence-electron chi connectivity index (χ1n) is 4.90. The molecule has 6 heteroatoms. The Bertz CT molecular complexity index is 368. The minimum atomic E-state index is -0.565. The lowest BCUT2D eigenvalue weighted by atomic mass is 10.2. The number of hydrogen-bond acceptors (Lipinski definition) is 5. The number of carbonyl (C=O) groups is 1. The molecule has 1 heterocycles. The smallest absolute Gasteiger partial charge is 0.272 e. The van der Waals surface area contributed by atoms with Crippen molar-refractivity contribution in [2.75, 3.05) is 19.0 Å². The quantitative estimate of drug-likeness (QED) is 0.487. The molecular weight excluding hydrogens is 208 g/mol. The van der Waals surface area contributed by atoms with Crippen LogP contribution in [-0.4, -0.2) is 40.6 Å². The summed E-state index contributed by atoms with van der Waals surface area (Å²) in [5.74, 6) is 4.98. The number of aliphatic hydroxyl groups excluding tert-OH is 1. The highest BCUT2D eigenvalue weighted by molar-refractivity contribution is 5.92. The van der Waals surface area contributed by atoms with Crippen LogP contribution in [-0.2, 0) is 0 Å². The van der Waals surface area contributed by atoms with Crippen molar-refractivity contribution in [1.82, 2.24) is 9.88 Å². The second-order valence-corrected chi connectivity index (χ2v) is 3.61. The van der Waals surface area contributed by atoms with Gasteiger partial charge in [0.2, 0.25) is 0 Å². The lowest BCUT2D eigenvalue weighted by molar-refractivity contribution is 0.0698. The maximum absolute atomic E-state index is 11.8. The Kier molecular flexibility index (Phi) is 4.21. The summed E-state index contributed by atoms with van der Waals surface area (Å²) in [7, 11) is 1.61. The molecule has 1 rings (SSSR count). The Morgan fingerprint density at radius 1 is 1.75 bits per heavy atom. The van der Waals surface area contributed by atoms with Gasteiger partial charge < -0.3 is 15.4 Å².